The molecule has 6 heterocycles. The van der Waals surface area contributed by atoms with Crippen LogP contribution in [0.25, 0.3) is 0 Å². The highest BCUT2D eigenvalue weighted by Gasteiger charge is 2.64. The molecule has 56 heavy (non-hydrogen) atoms. The Labute approximate surface area is 328 Å². The molecular weight excluding hydrogens is 716 g/mol. The summed E-state index contributed by atoms with van der Waals surface area (Å²) in [6.07, 6.45) is 4.14. The van der Waals surface area contributed by atoms with Crippen LogP contribution in [0.1, 0.15) is 82.3 Å². The predicted molar refractivity (Wildman–Crippen MR) is 201 cm³/mol. The van der Waals surface area contributed by atoms with E-state index in [1.165, 1.54) is 0 Å². The molecule has 12 heteroatoms. The van der Waals surface area contributed by atoms with Crippen LogP contribution in [0.4, 0.5) is 0 Å². The summed E-state index contributed by atoms with van der Waals surface area (Å²) >= 11 is 0. The lowest BCUT2D eigenvalue weighted by Gasteiger charge is -2.39. The maximum atomic E-state index is 14.1. The Hall–Kier alpha value is -3.84. The van der Waals surface area contributed by atoms with E-state index < -0.39 is 52.5 Å². The Morgan fingerprint density at radius 1 is 0.661 bits per heavy atom. The third-order valence-corrected chi connectivity index (χ3v) is 15.0. The fraction of sp³-hybridized carbons (Fsp3) is 0.636. The summed E-state index contributed by atoms with van der Waals surface area (Å²) < 4.78 is 35.9. The summed E-state index contributed by atoms with van der Waals surface area (Å²) in [5.74, 6) is -3.96. The first-order valence-corrected chi connectivity index (χ1v) is 20.4. The number of ether oxygens (including phenoxy) is 6. The van der Waals surface area contributed by atoms with Crippen molar-refractivity contribution in [2.75, 3.05) is 27.3 Å². The summed E-state index contributed by atoms with van der Waals surface area (Å²) in [7, 11) is 4.22. The van der Waals surface area contributed by atoms with Crippen LogP contribution in [-0.4, -0.2) is 122 Å². The van der Waals surface area contributed by atoms with Crippen molar-refractivity contribution in [3.63, 3.8) is 0 Å². The van der Waals surface area contributed by atoms with Gasteiger partial charge in [-0.15, -0.1) is 0 Å². The fourth-order valence-corrected chi connectivity index (χ4v) is 10.9. The van der Waals surface area contributed by atoms with Crippen molar-refractivity contribution in [3.8, 4) is 0 Å². The SMILES string of the molecule is CN1[C@@H]2C[C@@H](OC(=O)[C@H](COC(=O)[C@@H]3CC[C@](C)(C(=O)OC[C@@H](C(=O)O[C@@H]4C[C@@H]5[C@H]6O[C@H]6[C@H](C4)N5C)c4ccccc4)C3(C)C)c3ccccc3)C[C@H]1[C@@H]1O[C@@H]12. The molecule has 2 aromatic carbocycles. The lowest BCUT2D eigenvalue weighted by atomic mass is 9.65. The lowest BCUT2D eigenvalue weighted by Crippen LogP contribution is -2.48. The molecule has 12 nitrogen and oxygen atoms in total. The second-order valence-corrected chi connectivity index (χ2v) is 18.1. The number of morpholine rings is 2. The van der Waals surface area contributed by atoms with Gasteiger partial charge in [0.2, 0.25) is 0 Å². The van der Waals surface area contributed by atoms with Gasteiger partial charge in [0.15, 0.2) is 0 Å². The Morgan fingerprint density at radius 3 is 1.50 bits per heavy atom. The summed E-state index contributed by atoms with van der Waals surface area (Å²) in [6.45, 7) is 5.27. The van der Waals surface area contributed by atoms with Crippen LogP contribution in [0, 0.1) is 16.7 Å². The number of rotatable bonds is 12. The molecule has 0 N–H and O–H groups in total. The largest absolute Gasteiger partial charge is 0.464 e. The van der Waals surface area contributed by atoms with Gasteiger partial charge >= 0.3 is 23.9 Å². The normalized spacial score (nSPS) is 38.4. The molecule has 9 rings (SSSR count). The van der Waals surface area contributed by atoms with E-state index in [0.717, 1.165) is 12.8 Å². The van der Waals surface area contributed by atoms with Crippen LogP contribution >= 0.6 is 0 Å². The van der Waals surface area contributed by atoms with Gasteiger partial charge in [-0.2, -0.15) is 0 Å². The Kier molecular flexibility index (Phi) is 9.57. The molecule has 0 spiro atoms. The zero-order valence-electron chi connectivity index (χ0n) is 32.9. The average molecular weight is 771 g/mol. The molecule has 6 aliphatic heterocycles. The second-order valence-electron chi connectivity index (χ2n) is 18.1. The molecule has 1 aliphatic carbocycles. The summed E-state index contributed by atoms with van der Waals surface area (Å²) in [6, 6.07) is 19.5. The minimum Gasteiger partial charge on any atom is -0.464 e. The van der Waals surface area contributed by atoms with E-state index in [4.69, 9.17) is 28.4 Å². The summed E-state index contributed by atoms with van der Waals surface area (Å²) in [4.78, 5) is 60.2. The van der Waals surface area contributed by atoms with Crippen LogP contribution < -0.4 is 0 Å². The Bertz CT molecular complexity index is 1800. The second kappa shape index (κ2) is 14.2. The van der Waals surface area contributed by atoms with E-state index in [9.17, 15) is 19.2 Å². The number of likely N-dealkylation sites (N-methyl/N-ethyl adjacent to an activating group) is 2. The molecule has 1 saturated carbocycles. The van der Waals surface area contributed by atoms with E-state index >= 15 is 0 Å². The smallest absolute Gasteiger partial charge is 0.317 e. The standard InChI is InChI=1S/C44H54N2O10/c1-43(2)30(41(49)51-22-28(24-12-8-6-9-13-24)39(47)53-26-18-31-35-36(55-35)32(19-26)45(31)4)16-17-44(43,3)42(50)52-23-29(25-14-10-7-11-15-25)40(48)54-27-20-33-37-38(56-37)34(21-27)46(33)5/h6-15,26-38H,16-23H2,1-5H3/t26-,27-,28-,29-,30+,31-,32+,33-,34+,35-,36+,37-,38+,44-/m1/s1. The highest BCUT2D eigenvalue weighted by Crippen LogP contribution is 2.57. The molecule has 4 bridgehead atoms. The summed E-state index contributed by atoms with van der Waals surface area (Å²) in [5.41, 5.74) is -0.456. The van der Waals surface area contributed by atoms with Crippen molar-refractivity contribution in [1.82, 2.24) is 9.80 Å². The number of epoxide rings is 2. The van der Waals surface area contributed by atoms with Crippen molar-refractivity contribution in [2.45, 2.75) is 132 Å². The molecule has 0 amide bonds. The molecule has 6 saturated heterocycles. The van der Waals surface area contributed by atoms with E-state index in [2.05, 4.69) is 23.9 Å². The lowest BCUT2D eigenvalue weighted by molar-refractivity contribution is -0.168. The quantitative estimate of drug-likeness (QED) is 0.172. The van der Waals surface area contributed by atoms with Crippen molar-refractivity contribution in [1.29, 1.82) is 0 Å². The van der Waals surface area contributed by atoms with Gasteiger partial charge in [0, 0.05) is 49.9 Å². The first-order valence-electron chi connectivity index (χ1n) is 20.4. The molecule has 14 atom stereocenters. The average Bonchev–Trinajstić information content (AvgIpc) is 4.09. The first-order chi connectivity index (χ1) is 26.9. The molecule has 0 radical (unpaired) electrons. The van der Waals surface area contributed by atoms with E-state index in [-0.39, 0.29) is 74.0 Å². The number of benzene rings is 2. The zero-order chi connectivity index (χ0) is 39.1. The number of carbonyl (C=O) groups is 4. The number of hydrogen-bond acceptors (Lipinski definition) is 12. The van der Waals surface area contributed by atoms with Crippen LogP contribution in [0.15, 0.2) is 60.7 Å². The minimum atomic E-state index is -1.04. The molecule has 7 fully saturated rings. The van der Waals surface area contributed by atoms with Gasteiger partial charge in [-0.1, -0.05) is 74.5 Å². The molecule has 7 aliphatic rings. The van der Waals surface area contributed by atoms with Gasteiger partial charge in [-0.3, -0.25) is 29.0 Å². The van der Waals surface area contributed by atoms with Crippen LogP contribution in [-0.2, 0) is 47.6 Å². The molecular formula is C44H54N2O10. The molecule has 0 unspecified atom stereocenters. The van der Waals surface area contributed by atoms with Gasteiger partial charge in [0.25, 0.3) is 0 Å². The van der Waals surface area contributed by atoms with Gasteiger partial charge in [-0.25, -0.2) is 0 Å². The highest BCUT2D eigenvalue weighted by molar-refractivity contribution is 5.84. The van der Waals surface area contributed by atoms with Crippen molar-refractivity contribution in [3.05, 3.63) is 71.8 Å². The van der Waals surface area contributed by atoms with Crippen LogP contribution in [0.5, 0.6) is 0 Å². The van der Waals surface area contributed by atoms with Crippen molar-refractivity contribution in [2.24, 2.45) is 16.7 Å². The van der Waals surface area contributed by atoms with E-state index in [1.54, 1.807) is 0 Å². The monoisotopic (exact) mass is 770 g/mol. The van der Waals surface area contributed by atoms with Gasteiger partial charge in [0.05, 0.1) is 11.3 Å². The number of carbonyl (C=O) groups excluding carboxylic acids is 4. The molecule has 0 aromatic heterocycles. The highest BCUT2D eigenvalue weighted by atomic mass is 16.6. The van der Waals surface area contributed by atoms with Gasteiger partial charge < -0.3 is 28.4 Å². The number of fused-ring (bicyclic) bond motifs is 10. The fourth-order valence-electron chi connectivity index (χ4n) is 10.9. The van der Waals surface area contributed by atoms with Gasteiger partial charge in [-0.05, 0) is 50.4 Å². The molecule has 2 aromatic rings. The number of nitrogens with zero attached hydrogens (tertiary/aromatic N) is 2. The Morgan fingerprint density at radius 2 is 1.07 bits per heavy atom. The Balaban J connectivity index is 0.827. The van der Waals surface area contributed by atoms with E-state index in [0.29, 0.717) is 36.8 Å². The molecule has 300 valence electrons. The van der Waals surface area contributed by atoms with Crippen LogP contribution in [0.3, 0.4) is 0 Å². The number of hydrogen-bond donors (Lipinski definition) is 0. The third-order valence-electron chi connectivity index (χ3n) is 15.0. The number of esters is 4. The van der Waals surface area contributed by atoms with E-state index in [1.807, 2.05) is 81.4 Å². The number of piperidine rings is 2. The maximum Gasteiger partial charge on any atom is 0.317 e. The van der Waals surface area contributed by atoms with Gasteiger partial charge in [0.1, 0.15) is 61.7 Å². The van der Waals surface area contributed by atoms with Crippen LogP contribution in [0.2, 0.25) is 0 Å². The zero-order valence-corrected chi connectivity index (χ0v) is 32.9. The third kappa shape index (κ3) is 6.44. The summed E-state index contributed by atoms with van der Waals surface area (Å²) in [5, 5.41) is 0. The first kappa shape index (κ1) is 37.7. The maximum absolute atomic E-state index is 14.1. The minimum absolute atomic E-state index is 0.169. The van der Waals surface area contributed by atoms with Crippen molar-refractivity contribution < 1.29 is 47.6 Å². The predicted octanol–water partition coefficient (Wildman–Crippen LogP) is 4.39. The topological polar surface area (TPSA) is 137 Å². The van der Waals surface area contributed by atoms with Crippen molar-refractivity contribution >= 4 is 23.9 Å².